The summed E-state index contributed by atoms with van der Waals surface area (Å²) in [4.78, 5) is 4.39. The molecule has 0 amide bonds. The fourth-order valence-corrected chi connectivity index (χ4v) is 3.45. The number of hydrogen-bond acceptors (Lipinski definition) is 3. The van der Waals surface area contributed by atoms with Gasteiger partial charge < -0.3 is 20.1 Å². The Labute approximate surface area is 158 Å². The fourth-order valence-electron chi connectivity index (χ4n) is 3.45. The van der Waals surface area contributed by atoms with E-state index < -0.39 is 0 Å². The fraction of sp³-hybridized carbons (Fsp3) is 0.667. The van der Waals surface area contributed by atoms with Gasteiger partial charge in [0.25, 0.3) is 0 Å². The van der Waals surface area contributed by atoms with Gasteiger partial charge in [-0.05, 0) is 31.7 Å². The highest BCUT2D eigenvalue weighted by Crippen LogP contribution is 2.30. The van der Waals surface area contributed by atoms with Gasteiger partial charge in [0.1, 0.15) is 0 Å². The molecule has 0 radical (unpaired) electrons. The lowest BCUT2D eigenvalue weighted by Crippen LogP contribution is -2.48. The molecule has 1 fully saturated rings. The van der Waals surface area contributed by atoms with Crippen molar-refractivity contribution in [3.05, 3.63) is 35.9 Å². The Balaban J connectivity index is 1.87. The molecule has 2 unspecified atom stereocenters. The van der Waals surface area contributed by atoms with E-state index >= 15 is 0 Å². The molecule has 0 bridgehead atoms. The van der Waals surface area contributed by atoms with Crippen LogP contribution in [0.5, 0.6) is 0 Å². The number of aliphatic imine (C=N–C) groups is 1. The van der Waals surface area contributed by atoms with E-state index in [1.54, 1.807) is 0 Å². The third-order valence-corrected chi connectivity index (χ3v) is 5.41. The molecule has 1 saturated heterocycles. The van der Waals surface area contributed by atoms with E-state index in [9.17, 15) is 0 Å². The van der Waals surface area contributed by atoms with Gasteiger partial charge in [0.05, 0.1) is 19.3 Å². The first-order chi connectivity index (χ1) is 12.6. The lowest BCUT2D eigenvalue weighted by atomic mass is 9.76. The second-order valence-corrected chi connectivity index (χ2v) is 7.14. The smallest absolute Gasteiger partial charge is 0.191 e. The maximum atomic E-state index is 5.90. The molecule has 1 aromatic carbocycles. The van der Waals surface area contributed by atoms with Crippen molar-refractivity contribution >= 4 is 5.96 Å². The predicted molar refractivity (Wildman–Crippen MR) is 108 cm³/mol. The SMILES string of the molecule is CCC(CC)(CNC(=NC)NC(C)COC1CCOC1)c1ccccc1. The summed E-state index contributed by atoms with van der Waals surface area (Å²) in [6.07, 6.45) is 3.39. The Bertz CT molecular complexity index is 537. The molecule has 5 heteroatoms. The second kappa shape index (κ2) is 10.5. The van der Waals surface area contributed by atoms with E-state index in [2.05, 4.69) is 66.7 Å². The van der Waals surface area contributed by atoms with E-state index in [1.165, 1.54) is 5.56 Å². The van der Waals surface area contributed by atoms with Crippen molar-refractivity contribution in [2.24, 2.45) is 4.99 Å². The summed E-state index contributed by atoms with van der Waals surface area (Å²) < 4.78 is 11.2. The maximum Gasteiger partial charge on any atom is 0.191 e. The predicted octanol–water partition coefficient (Wildman–Crippen LogP) is 3.10. The summed E-state index contributed by atoms with van der Waals surface area (Å²) in [7, 11) is 1.82. The number of ether oxygens (including phenoxy) is 2. The van der Waals surface area contributed by atoms with Crippen LogP contribution in [0, 0.1) is 0 Å². The van der Waals surface area contributed by atoms with Gasteiger partial charge in [0.15, 0.2) is 5.96 Å². The van der Waals surface area contributed by atoms with Crippen LogP contribution in [-0.4, -0.2) is 51.5 Å². The standard InChI is InChI=1S/C21H35N3O2/c1-5-21(6-2,18-10-8-7-9-11-18)16-23-20(22-4)24-17(3)14-26-19-12-13-25-15-19/h7-11,17,19H,5-6,12-16H2,1-4H3,(H2,22,23,24). The molecule has 1 heterocycles. The van der Waals surface area contributed by atoms with E-state index in [0.29, 0.717) is 13.2 Å². The monoisotopic (exact) mass is 361 g/mol. The first kappa shape index (κ1) is 20.7. The van der Waals surface area contributed by atoms with Gasteiger partial charge in [0, 0.05) is 31.7 Å². The molecule has 0 saturated carbocycles. The van der Waals surface area contributed by atoms with Crippen LogP contribution in [0.2, 0.25) is 0 Å². The summed E-state index contributed by atoms with van der Waals surface area (Å²) >= 11 is 0. The summed E-state index contributed by atoms with van der Waals surface area (Å²) in [5.74, 6) is 0.825. The van der Waals surface area contributed by atoms with Gasteiger partial charge in [-0.25, -0.2) is 0 Å². The average Bonchev–Trinajstić information content (AvgIpc) is 3.21. The van der Waals surface area contributed by atoms with Gasteiger partial charge >= 0.3 is 0 Å². The Hall–Kier alpha value is -1.59. The van der Waals surface area contributed by atoms with Gasteiger partial charge in [-0.1, -0.05) is 44.2 Å². The van der Waals surface area contributed by atoms with Crippen LogP contribution in [0.25, 0.3) is 0 Å². The molecule has 5 nitrogen and oxygen atoms in total. The maximum absolute atomic E-state index is 5.90. The lowest BCUT2D eigenvalue weighted by Gasteiger charge is -2.33. The lowest BCUT2D eigenvalue weighted by molar-refractivity contribution is 0.0347. The number of guanidine groups is 1. The highest BCUT2D eigenvalue weighted by Gasteiger charge is 2.28. The molecule has 2 N–H and O–H groups in total. The highest BCUT2D eigenvalue weighted by atomic mass is 16.5. The topological polar surface area (TPSA) is 54.9 Å². The number of nitrogens with zero attached hydrogens (tertiary/aromatic N) is 1. The number of rotatable bonds is 9. The summed E-state index contributed by atoms with van der Waals surface area (Å²) in [5, 5.41) is 6.96. The molecule has 2 rings (SSSR count). The van der Waals surface area contributed by atoms with Crippen LogP contribution in [0.3, 0.4) is 0 Å². The molecular weight excluding hydrogens is 326 g/mol. The van der Waals surface area contributed by atoms with Crippen LogP contribution in [0.15, 0.2) is 35.3 Å². The van der Waals surface area contributed by atoms with Crippen molar-refractivity contribution < 1.29 is 9.47 Å². The van der Waals surface area contributed by atoms with Crippen LogP contribution in [0.4, 0.5) is 0 Å². The molecule has 0 spiro atoms. The summed E-state index contributed by atoms with van der Waals surface area (Å²) in [6, 6.07) is 11.0. The van der Waals surface area contributed by atoms with E-state index in [4.69, 9.17) is 9.47 Å². The minimum atomic E-state index is 0.111. The van der Waals surface area contributed by atoms with Crippen molar-refractivity contribution in [2.75, 3.05) is 33.4 Å². The Morgan fingerprint density at radius 2 is 2.04 bits per heavy atom. The Morgan fingerprint density at radius 1 is 1.31 bits per heavy atom. The van der Waals surface area contributed by atoms with Crippen molar-refractivity contribution in [3.8, 4) is 0 Å². The molecule has 2 atom stereocenters. The minimum absolute atomic E-state index is 0.111. The molecule has 146 valence electrons. The van der Waals surface area contributed by atoms with Crippen molar-refractivity contribution in [1.29, 1.82) is 0 Å². The Kier molecular flexibility index (Phi) is 8.39. The highest BCUT2D eigenvalue weighted by molar-refractivity contribution is 5.80. The summed E-state index contributed by atoms with van der Waals surface area (Å²) in [6.45, 7) is 9.67. The van der Waals surface area contributed by atoms with E-state index in [0.717, 1.165) is 38.4 Å². The van der Waals surface area contributed by atoms with Crippen molar-refractivity contribution in [1.82, 2.24) is 10.6 Å². The van der Waals surface area contributed by atoms with Crippen LogP contribution in [0.1, 0.15) is 45.6 Å². The molecule has 0 aromatic heterocycles. The van der Waals surface area contributed by atoms with Crippen molar-refractivity contribution in [3.63, 3.8) is 0 Å². The second-order valence-electron chi connectivity index (χ2n) is 7.14. The number of nitrogens with one attached hydrogen (secondary N) is 2. The molecule has 1 aliphatic heterocycles. The quantitative estimate of drug-likeness (QED) is 0.524. The van der Waals surface area contributed by atoms with Gasteiger partial charge in [-0.2, -0.15) is 0 Å². The Morgan fingerprint density at radius 3 is 2.62 bits per heavy atom. The first-order valence-corrected chi connectivity index (χ1v) is 9.85. The average molecular weight is 362 g/mol. The molecule has 26 heavy (non-hydrogen) atoms. The number of hydrogen-bond donors (Lipinski definition) is 2. The zero-order valence-electron chi connectivity index (χ0n) is 16.8. The van der Waals surface area contributed by atoms with Crippen molar-refractivity contribution in [2.45, 2.75) is 57.6 Å². The van der Waals surface area contributed by atoms with Crippen LogP contribution in [-0.2, 0) is 14.9 Å². The molecular formula is C21H35N3O2. The van der Waals surface area contributed by atoms with E-state index in [-0.39, 0.29) is 17.6 Å². The normalized spacial score (nSPS) is 19.4. The summed E-state index contributed by atoms with van der Waals surface area (Å²) in [5.41, 5.74) is 1.49. The van der Waals surface area contributed by atoms with E-state index in [1.807, 2.05) is 7.05 Å². The molecule has 0 aliphatic carbocycles. The van der Waals surface area contributed by atoms with Gasteiger partial charge in [0.2, 0.25) is 0 Å². The zero-order chi connectivity index (χ0) is 18.8. The minimum Gasteiger partial charge on any atom is -0.379 e. The largest absolute Gasteiger partial charge is 0.379 e. The van der Waals surface area contributed by atoms with Gasteiger partial charge in [-0.15, -0.1) is 0 Å². The molecule has 1 aromatic rings. The van der Waals surface area contributed by atoms with Gasteiger partial charge in [-0.3, -0.25) is 4.99 Å². The zero-order valence-corrected chi connectivity index (χ0v) is 16.8. The van der Waals surface area contributed by atoms with Crippen LogP contribution < -0.4 is 10.6 Å². The van der Waals surface area contributed by atoms with Crippen LogP contribution >= 0.6 is 0 Å². The third kappa shape index (κ3) is 5.71. The molecule has 1 aliphatic rings. The third-order valence-electron chi connectivity index (χ3n) is 5.41. The number of benzene rings is 1. The first-order valence-electron chi connectivity index (χ1n) is 9.85.